The Kier molecular flexibility index (Phi) is 7.02. The summed E-state index contributed by atoms with van der Waals surface area (Å²) in [5, 5.41) is 25.1. The summed E-state index contributed by atoms with van der Waals surface area (Å²) in [6.45, 7) is 0. The molecule has 11 nitrogen and oxygen atoms in total. The number of nitrogens with one attached hydrogen (secondary N) is 3. The lowest BCUT2D eigenvalue weighted by Gasteiger charge is -2.18. The van der Waals surface area contributed by atoms with E-state index in [0.717, 1.165) is 16.7 Å². The standard InChI is InChI=1S/C26H17ClN4O7S2/c27-15-11-17(23-29-21(26(35)36)22(32)25(34)30-23)20(18(12-15)28-24(33)19-6-3-9-39-19)31-40(37,38)16-8-7-13-4-1-2-5-14(13)10-16/h1-12,31-32H,(H,28,33)(H,35,36)(H,29,30,34). The van der Waals surface area contributed by atoms with Gasteiger partial charge in [-0.1, -0.05) is 48.0 Å². The van der Waals surface area contributed by atoms with Crippen LogP contribution in [0.25, 0.3) is 22.2 Å². The summed E-state index contributed by atoms with van der Waals surface area (Å²) >= 11 is 7.44. The largest absolute Gasteiger partial charge is 0.501 e. The average Bonchev–Trinajstić information content (AvgIpc) is 3.46. The van der Waals surface area contributed by atoms with Crippen molar-refractivity contribution in [1.29, 1.82) is 0 Å². The van der Waals surface area contributed by atoms with Crippen molar-refractivity contribution in [2.24, 2.45) is 0 Å². The summed E-state index contributed by atoms with van der Waals surface area (Å²) in [5.74, 6) is -3.84. The number of anilines is 2. The van der Waals surface area contributed by atoms with Crippen molar-refractivity contribution in [2.75, 3.05) is 10.0 Å². The lowest BCUT2D eigenvalue weighted by atomic mass is 10.1. The van der Waals surface area contributed by atoms with E-state index in [1.165, 1.54) is 24.3 Å². The zero-order chi connectivity index (χ0) is 28.6. The number of carbonyl (C=O) groups excluding carboxylic acids is 1. The van der Waals surface area contributed by atoms with Crippen LogP contribution >= 0.6 is 22.9 Å². The third-order valence-electron chi connectivity index (χ3n) is 5.72. The third-order valence-corrected chi connectivity index (χ3v) is 8.15. The van der Waals surface area contributed by atoms with Gasteiger partial charge in [-0.15, -0.1) is 11.3 Å². The van der Waals surface area contributed by atoms with Crippen LogP contribution in [-0.2, 0) is 10.0 Å². The number of aromatic nitrogens is 2. The molecule has 0 atom stereocenters. The lowest BCUT2D eigenvalue weighted by Crippen LogP contribution is -2.19. The summed E-state index contributed by atoms with van der Waals surface area (Å²) in [6.07, 6.45) is 0. The molecular weight excluding hydrogens is 580 g/mol. The van der Waals surface area contributed by atoms with Crippen LogP contribution in [0.15, 0.2) is 81.8 Å². The summed E-state index contributed by atoms with van der Waals surface area (Å²) < 4.78 is 29.6. The van der Waals surface area contributed by atoms with Crippen LogP contribution in [0.1, 0.15) is 20.2 Å². The van der Waals surface area contributed by atoms with Gasteiger partial charge in [0, 0.05) is 10.6 Å². The summed E-state index contributed by atoms with van der Waals surface area (Å²) in [7, 11) is -4.33. The molecule has 14 heteroatoms. The Bertz CT molecular complexity index is 1970. The van der Waals surface area contributed by atoms with Crippen LogP contribution in [0, 0.1) is 0 Å². The number of hydrogen-bond donors (Lipinski definition) is 5. The molecule has 202 valence electrons. The van der Waals surface area contributed by atoms with Crippen molar-refractivity contribution >= 4 is 67.0 Å². The van der Waals surface area contributed by atoms with E-state index in [1.807, 2.05) is 12.1 Å². The van der Waals surface area contributed by atoms with Crippen molar-refractivity contribution in [3.05, 3.63) is 98.1 Å². The number of carboxylic acids is 1. The molecule has 0 saturated carbocycles. The number of rotatable bonds is 7. The monoisotopic (exact) mass is 596 g/mol. The van der Waals surface area contributed by atoms with Gasteiger partial charge in [0.25, 0.3) is 21.5 Å². The maximum absolute atomic E-state index is 13.6. The molecule has 5 rings (SSSR count). The highest BCUT2D eigenvalue weighted by Crippen LogP contribution is 2.38. The van der Waals surface area contributed by atoms with E-state index in [-0.39, 0.29) is 26.9 Å². The molecule has 0 radical (unpaired) electrons. The van der Waals surface area contributed by atoms with Crippen molar-refractivity contribution in [3.63, 3.8) is 0 Å². The van der Waals surface area contributed by atoms with Gasteiger partial charge in [0.15, 0.2) is 5.69 Å². The van der Waals surface area contributed by atoms with Crippen LogP contribution in [0.2, 0.25) is 5.02 Å². The van der Waals surface area contributed by atoms with Crippen LogP contribution in [0.4, 0.5) is 11.4 Å². The molecule has 0 bridgehead atoms. The lowest BCUT2D eigenvalue weighted by molar-refractivity contribution is 0.0686. The van der Waals surface area contributed by atoms with Crippen LogP contribution < -0.4 is 15.6 Å². The number of halogens is 1. The van der Waals surface area contributed by atoms with E-state index < -0.39 is 44.7 Å². The Morgan fingerprint density at radius 1 is 1.00 bits per heavy atom. The van der Waals surface area contributed by atoms with E-state index in [4.69, 9.17) is 11.6 Å². The first-order valence-corrected chi connectivity index (χ1v) is 14.0. The van der Waals surface area contributed by atoms with Gasteiger partial charge in [-0.3, -0.25) is 14.3 Å². The molecule has 5 aromatic rings. The molecular formula is C26H17ClN4O7S2. The molecule has 2 heterocycles. The molecule has 0 fully saturated rings. The van der Waals surface area contributed by atoms with Gasteiger partial charge in [0.05, 0.1) is 21.1 Å². The van der Waals surface area contributed by atoms with E-state index in [2.05, 4.69) is 20.0 Å². The number of benzene rings is 3. The van der Waals surface area contributed by atoms with Gasteiger partial charge >= 0.3 is 5.97 Å². The molecule has 0 saturated heterocycles. The van der Waals surface area contributed by atoms with Gasteiger partial charge in [0.2, 0.25) is 5.75 Å². The number of fused-ring (bicyclic) bond motifs is 1. The first-order chi connectivity index (χ1) is 19.0. The molecule has 1 amide bonds. The van der Waals surface area contributed by atoms with Gasteiger partial charge in [-0.25, -0.2) is 18.2 Å². The third kappa shape index (κ3) is 5.25. The predicted octanol–water partition coefficient (Wildman–Crippen LogP) is 4.76. The van der Waals surface area contributed by atoms with Gasteiger partial charge < -0.3 is 20.5 Å². The van der Waals surface area contributed by atoms with E-state index in [1.54, 1.807) is 35.7 Å². The van der Waals surface area contributed by atoms with E-state index in [0.29, 0.717) is 10.3 Å². The molecule has 0 aliphatic rings. The minimum absolute atomic E-state index is 0.00210. The SMILES string of the molecule is O=C(Nc1cc(Cl)cc(-c2nc(C(=O)O)c(O)c(=O)[nH]2)c1NS(=O)(=O)c1ccc2ccccc2c1)c1cccs1. The van der Waals surface area contributed by atoms with Gasteiger partial charge in [0.1, 0.15) is 5.82 Å². The highest BCUT2D eigenvalue weighted by molar-refractivity contribution is 7.92. The summed E-state index contributed by atoms with van der Waals surface area (Å²) in [5.41, 5.74) is -2.68. The quantitative estimate of drug-likeness (QED) is 0.178. The van der Waals surface area contributed by atoms with Crippen molar-refractivity contribution in [1.82, 2.24) is 9.97 Å². The number of sulfonamides is 1. The molecule has 40 heavy (non-hydrogen) atoms. The number of carbonyl (C=O) groups is 2. The normalized spacial score (nSPS) is 11.3. The fraction of sp³-hybridized carbons (Fsp3) is 0. The molecule has 5 N–H and O–H groups in total. The van der Waals surface area contributed by atoms with Gasteiger partial charge in [-0.05, 0) is 46.5 Å². The first-order valence-electron chi connectivity index (χ1n) is 11.3. The number of aromatic amines is 1. The number of aromatic hydroxyl groups is 1. The minimum atomic E-state index is -4.33. The Labute approximate surface area is 234 Å². The topological polar surface area (TPSA) is 179 Å². The maximum atomic E-state index is 13.6. The Morgan fingerprint density at radius 2 is 1.75 bits per heavy atom. The second-order valence-electron chi connectivity index (χ2n) is 8.34. The molecule has 0 unspecified atom stereocenters. The second-order valence-corrected chi connectivity index (χ2v) is 11.4. The van der Waals surface area contributed by atoms with Crippen molar-refractivity contribution in [3.8, 4) is 17.1 Å². The van der Waals surface area contributed by atoms with Gasteiger partial charge in [-0.2, -0.15) is 0 Å². The number of aromatic carboxylic acids is 1. The summed E-state index contributed by atoms with van der Waals surface area (Å²) in [6, 6.07) is 17.3. The number of nitrogens with zero attached hydrogens (tertiary/aromatic N) is 1. The van der Waals surface area contributed by atoms with E-state index >= 15 is 0 Å². The smallest absolute Gasteiger partial charge is 0.358 e. The predicted molar refractivity (Wildman–Crippen MR) is 151 cm³/mol. The number of amides is 1. The molecule has 0 aliphatic heterocycles. The second kappa shape index (κ2) is 10.4. The van der Waals surface area contributed by atoms with Crippen LogP contribution in [-0.4, -0.2) is 40.5 Å². The molecule has 3 aromatic carbocycles. The fourth-order valence-electron chi connectivity index (χ4n) is 3.87. The van der Waals surface area contributed by atoms with Crippen LogP contribution in [0.5, 0.6) is 5.75 Å². The highest BCUT2D eigenvalue weighted by atomic mass is 35.5. The van der Waals surface area contributed by atoms with E-state index in [9.17, 15) is 33.0 Å². The van der Waals surface area contributed by atoms with Crippen molar-refractivity contribution in [2.45, 2.75) is 4.90 Å². The maximum Gasteiger partial charge on any atom is 0.358 e. The molecule has 0 aliphatic carbocycles. The zero-order valence-corrected chi connectivity index (χ0v) is 22.4. The molecule has 2 aromatic heterocycles. The Balaban J connectivity index is 1.70. The number of H-pyrrole nitrogens is 1. The first kappa shape index (κ1) is 26.9. The average molecular weight is 597 g/mol. The minimum Gasteiger partial charge on any atom is -0.501 e. The fourth-order valence-corrected chi connectivity index (χ4v) is 5.84. The van der Waals surface area contributed by atoms with Crippen molar-refractivity contribution < 1.29 is 28.2 Å². The highest BCUT2D eigenvalue weighted by Gasteiger charge is 2.25. The Hall–Kier alpha value is -4.72. The number of thiophene rings is 1. The summed E-state index contributed by atoms with van der Waals surface area (Å²) in [4.78, 5) is 43.1. The van der Waals surface area contributed by atoms with Crippen LogP contribution in [0.3, 0.4) is 0 Å². The Morgan fingerprint density at radius 3 is 2.45 bits per heavy atom. The number of hydrogen-bond acceptors (Lipinski definition) is 8. The number of carboxylic acid groups (broad SMARTS) is 1. The molecule has 0 spiro atoms. The zero-order valence-electron chi connectivity index (χ0n) is 20.0.